The maximum Gasteiger partial charge on any atom is 0.307 e. The van der Waals surface area contributed by atoms with Crippen LogP contribution in [0.2, 0.25) is 5.02 Å². The molecule has 180 valence electrons. The number of hydrogen-bond donors (Lipinski definition) is 0. The molecule has 0 spiro atoms. The highest BCUT2D eigenvalue weighted by Crippen LogP contribution is 2.35. The SMILES string of the molecule is C=C(CC(=O)N1CCC1(C)C(=O)N(CCC(=O)OC)Cc1ccc(Cl)cc1)c1ccccc1C. The Bertz CT molecular complexity index is 1080. The van der Waals surface area contributed by atoms with Crippen LogP contribution >= 0.6 is 11.6 Å². The molecule has 2 amide bonds. The molecule has 0 N–H and O–H groups in total. The monoisotopic (exact) mass is 482 g/mol. The number of halogens is 1. The number of rotatable bonds is 9. The number of benzene rings is 2. The van der Waals surface area contributed by atoms with E-state index in [2.05, 4.69) is 6.58 Å². The van der Waals surface area contributed by atoms with Gasteiger partial charge < -0.3 is 14.5 Å². The van der Waals surface area contributed by atoms with Gasteiger partial charge in [-0.05, 0) is 54.7 Å². The van der Waals surface area contributed by atoms with Crippen molar-refractivity contribution < 1.29 is 19.1 Å². The number of aryl methyl sites for hydroxylation is 1. The highest BCUT2D eigenvalue weighted by atomic mass is 35.5. The molecule has 1 heterocycles. The average Bonchev–Trinajstić information content (AvgIpc) is 2.81. The van der Waals surface area contributed by atoms with Crippen molar-refractivity contribution in [3.05, 3.63) is 76.8 Å². The van der Waals surface area contributed by atoms with Crippen LogP contribution in [0, 0.1) is 6.92 Å². The van der Waals surface area contributed by atoms with Crippen LogP contribution in [0.5, 0.6) is 0 Å². The summed E-state index contributed by atoms with van der Waals surface area (Å²) in [6.45, 7) is 8.90. The number of nitrogens with zero attached hydrogens (tertiary/aromatic N) is 2. The Balaban J connectivity index is 1.75. The topological polar surface area (TPSA) is 66.9 Å². The summed E-state index contributed by atoms with van der Waals surface area (Å²) >= 11 is 5.99. The van der Waals surface area contributed by atoms with Gasteiger partial charge in [0, 0.05) is 24.7 Å². The quantitative estimate of drug-likeness (QED) is 0.488. The molecule has 2 aromatic rings. The molecule has 1 saturated heterocycles. The summed E-state index contributed by atoms with van der Waals surface area (Å²) in [7, 11) is 1.32. The summed E-state index contributed by atoms with van der Waals surface area (Å²) < 4.78 is 4.76. The molecule has 6 nitrogen and oxygen atoms in total. The van der Waals surface area contributed by atoms with Crippen molar-refractivity contribution in [1.82, 2.24) is 9.80 Å². The van der Waals surface area contributed by atoms with E-state index < -0.39 is 11.5 Å². The summed E-state index contributed by atoms with van der Waals surface area (Å²) in [5, 5.41) is 0.604. The van der Waals surface area contributed by atoms with Gasteiger partial charge in [-0.3, -0.25) is 14.4 Å². The first-order valence-corrected chi connectivity index (χ1v) is 11.7. The van der Waals surface area contributed by atoms with Gasteiger partial charge in [0.2, 0.25) is 11.8 Å². The standard InChI is InChI=1S/C27H31ClN2O4/c1-19-7-5-6-8-23(19)20(2)17-24(31)30-16-14-27(30,3)26(33)29(15-13-25(32)34-4)18-21-9-11-22(28)12-10-21/h5-12H,2,13-18H2,1,3-4H3. The van der Waals surface area contributed by atoms with Crippen molar-refractivity contribution >= 4 is 35.0 Å². The van der Waals surface area contributed by atoms with Crippen LogP contribution in [0.1, 0.15) is 42.9 Å². The molecule has 1 fully saturated rings. The van der Waals surface area contributed by atoms with Gasteiger partial charge in [0.15, 0.2) is 0 Å². The second-order valence-corrected chi connectivity index (χ2v) is 9.28. The van der Waals surface area contributed by atoms with Gasteiger partial charge in [-0.15, -0.1) is 0 Å². The predicted molar refractivity (Wildman–Crippen MR) is 133 cm³/mol. The minimum Gasteiger partial charge on any atom is -0.469 e. The van der Waals surface area contributed by atoms with E-state index >= 15 is 0 Å². The molecule has 1 atom stereocenters. The van der Waals surface area contributed by atoms with E-state index in [1.807, 2.05) is 43.3 Å². The fourth-order valence-corrected chi connectivity index (χ4v) is 4.38. The molecule has 3 rings (SSSR count). The minimum absolute atomic E-state index is 0.0734. The first kappa shape index (κ1) is 25.5. The number of carbonyl (C=O) groups is 3. The number of likely N-dealkylation sites (tertiary alicyclic amines) is 1. The maximum atomic E-state index is 13.7. The Morgan fingerprint density at radius 2 is 1.82 bits per heavy atom. The van der Waals surface area contributed by atoms with E-state index in [1.165, 1.54) is 7.11 Å². The largest absolute Gasteiger partial charge is 0.469 e. The molecule has 1 aliphatic rings. The smallest absolute Gasteiger partial charge is 0.307 e. The normalized spacial score (nSPS) is 17.0. The van der Waals surface area contributed by atoms with Crippen molar-refractivity contribution in [2.75, 3.05) is 20.2 Å². The average molecular weight is 483 g/mol. The first-order chi connectivity index (χ1) is 16.2. The van der Waals surface area contributed by atoms with Gasteiger partial charge in [-0.2, -0.15) is 0 Å². The second kappa shape index (κ2) is 10.9. The molecule has 0 radical (unpaired) electrons. The van der Waals surface area contributed by atoms with Crippen molar-refractivity contribution in [3.63, 3.8) is 0 Å². The Kier molecular flexibility index (Phi) is 8.15. The molecular formula is C27H31ClN2O4. The number of amides is 2. The van der Waals surface area contributed by atoms with Crippen LogP contribution in [-0.4, -0.2) is 53.3 Å². The van der Waals surface area contributed by atoms with E-state index in [9.17, 15) is 14.4 Å². The third-order valence-corrected chi connectivity index (χ3v) is 6.71. The van der Waals surface area contributed by atoms with Gasteiger partial charge in [0.05, 0.1) is 20.0 Å². The van der Waals surface area contributed by atoms with E-state index in [4.69, 9.17) is 16.3 Å². The van der Waals surface area contributed by atoms with Crippen molar-refractivity contribution in [2.45, 2.75) is 45.2 Å². The van der Waals surface area contributed by atoms with Gasteiger partial charge in [0.1, 0.15) is 5.54 Å². The molecule has 2 aromatic carbocycles. The molecule has 7 heteroatoms. The zero-order valence-electron chi connectivity index (χ0n) is 20.0. The predicted octanol–water partition coefficient (Wildman–Crippen LogP) is 4.63. The van der Waals surface area contributed by atoms with Gasteiger partial charge in [-0.25, -0.2) is 0 Å². The summed E-state index contributed by atoms with van der Waals surface area (Å²) in [5.41, 5.74) is 2.66. The lowest BCUT2D eigenvalue weighted by atomic mass is 9.83. The van der Waals surface area contributed by atoms with Crippen molar-refractivity contribution in [3.8, 4) is 0 Å². The van der Waals surface area contributed by atoms with E-state index in [-0.39, 0.29) is 31.2 Å². The zero-order chi connectivity index (χ0) is 24.9. The lowest BCUT2D eigenvalue weighted by Gasteiger charge is -2.51. The molecule has 0 aliphatic carbocycles. The molecule has 0 aromatic heterocycles. The van der Waals surface area contributed by atoms with Gasteiger partial charge in [0.25, 0.3) is 0 Å². The third-order valence-electron chi connectivity index (χ3n) is 6.46. The second-order valence-electron chi connectivity index (χ2n) is 8.84. The van der Waals surface area contributed by atoms with Crippen molar-refractivity contribution in [1.29, 1.82) is 0 Å². The number of methoxy groups -OCH3 is 1. The zero-order valence-corrected chi connectivity index (χ0v) is 20.7. The highest BCUT2D eigenvalue weighted by Gasteiger charge is 2.50. The van der Waals surface area contributed by atoms with Crippen LogP contribution in [0.3, 0.4) is 0 Å². The van der Waals surface area contributed by atoms with Crippen LogP contribution in [-0.2, 0) is 25.7 Å². The van der Waals surface area contributed by atoms with E-state index in [0.717, 1.165) is 22.3 Å². The van der Waals surface area contributed by atoms with Crippen LogP contribution in [0.25, 0.3) is 5.57 Å². The van der Waals surface area contributed by atoms with E-state index in [1.54, 1.807) is 28.9 Å². The summed E-state index contributed by atoms with van der Waals surface area (Å²) in [5.74, 6) is -0.711. The molecule has 0 saturated carbocycles. The van der Waals surface area contributed by atoms with Crippen LogP contribution in [0.4, 0.5) is 0 Å². The van der Waals surface area contributed by atoms with Crippen LogP contribution < -0.4 is 0 Å². The minimum atomic E-state index is -0.967. The summed E-state index contributed by atoms with van der Waals surface area (Å²) in [6, 6.07) is 15.0. The molecule has 34 heavy (non-hydrogen) atoms. The van der Waals surface area contributed by atoms with E-state index in [0.29, 0.717) is 24.5 Å². The molecular weight excluding hydrogens is 452 g/mol. The van der Waals surface area contributed by atoms with Crippen molar-refractivity contribution in [2.24, 2.45) is 0 Å². The number of ether oxygens (including phenoxy) is 1. The Morgan fingerprint density at radius 3 is 2.41 bits per heavy atom. The Morgan fingerprint density at radius 1 is 1.15 bits per heavy atom. The Hall–Kier alpha value is -3.12. The fourth-order valence-electron chi connectivity index (χ4n) is 4.26. The summed E-state index contributed by atoms with van der Waals surface area (Å²) in [4.78, 5) is 41.9. The lowest BCUT2D eigenvalue weighted by Crippen LogP contribution is -2.67. The summed E-state index contributed by atoms with van der Waals surface area (Å²) in [6.07, 6.45) is 0.779. The number of carbonyl (C=O) groups excluding carboxylic acids is 3. The Labute approximate surface area is 206 Å². The third kappa shape index (κ3) is 5.68. The van der Waals surface area contributed by atoms with Gasteiger partial charge >= 0.3 is 5.97 Å². The number of hydrogen-bond acceptors (Lipinski definition) is 4. The van der Waals surface area contributed by atoms with Gasteiger partial charge in [-0.1, -0.05) is 54.6 Å². The molecule has 1 aliphatic heterocycles. The maximum absolute atomic E-state index is 13.7. The lowest BCUT2D eigenvalue weighted by molar-refractivity contribution is -0.164. The molecule has 0 bridgehead atoms. The number of esters is 1. The van der Waals surface area contributed by atoms with Crippen LogP contribution in [0.15, 0.2) is 55.1 Å². The fraction of sp³-hybridized carbons (Fsp3) is 0.370. The highest BCUT2D eigenvalue weighted by molar-refractivity contribution is 6.30. The molecule has 1 unspecified atom stereocenters. The first-order valence-electron chi connectivity index (χ1n) is 11.3.